The number of nitrogens with one attached hydrogen (secondary N) is 1. The van der Waals surface area contributed by atoms with Crippen LogP contribution in [0.2, 0.25) is 0 Å². The SMILES string of the molecule is Cc1nnc([C@H]2CC[C@H](NC(=O)c3cnn4ccc(N5CCC[C@@H]5c5cc(F)ccc5F)cc34)CC2)o1. The van der Waals surface area contributed by atoms with E-state index < -0.39 is 11.6 Å². The maximum atomic E-state index is 14.6. The van der Waals surface area contributed by atoms with Crippen molar-refractivity contribution in [3.8, 4) is 0 Å². The van der Waals surface area contributed by atoms with Crippen LogP contribution < -0.4 is 10.2 Å². The molecule has 1 aliphatic heterocycles. The highest BCUT2D eigenvalue weighted by atomic mass is 19.1. The third kappa shape index (κ3) is 4.56. The predicted molar refractivity (Wildman–Crippen MR) is 132 cm³/mol. The fourth-order valence-electron chi connectivity index (χ4n) is 5.72. The second kappa shape index (κ2) is 9.57. The van der Waals surface area contributed by atoms with Crippen LogP contribution in [0.15, 0.2) is 47.1 Å². The molecule has 37 heavy (non-hydrogen) atoms. The van der Waals surface area contributed by atoms with Gasteiger partial charge in [0.1, 0.15) is 11.6 Å². The van der Waals surface area contributed by atoms with E-state index in [4.69, 9.17) is 4.42 Å². The molecule has 1 N–H and O–H groups in total. The minimum absolute atomic E-state index is 0.0600. The summed E-state index contributed by atoms with van der Waals surface area (Å²) in [4.78, 5) is 15.3. The summed E-state index contributed by atoms with van der Waals surface area (Å²) in [5.74, 6) is 0.445. The number of aromatic nitrogens is 4. The summed E-state index contributed by atoms with van der Waals surface area (Å²) in [6, 6.07) is 7.20. The van der Waals surface area contributed by atoms with Gasteiger partial charge in [-0.1, -0.05) is 0 Å². The van der Waals surface area contributed by atoms with Crippen LogP contribution in [0.25, 0.3) is 5.52 Å². The van der Waals surface area contributed by atoms with Crippen molar-refractivity contribution < 1.29 is 18.0 Å². The molecular weight excluding hydrogens is 478 g/mol. The molecule has 2 fully saturated rings. The minimum Gasteiger partial charge on any atom is -0.425 e. The highest BCUT2D eigenvalue weighted by Crippen LogP contribution is 2.38. The van der Waals surface area contributed by atoms with Gasteiger partial charge in [-0.2, -0.15) is 5.10 Å². The Morgan fingerprint density at radius 2 is 1.92 bits per heavy atom. The van der Waals surface area contributed by atoms with Crippen LogP contribution in [0.1, 0.15) is 78.2 Å². The van der Waals surface area contributed by atoms with Gasteiger partial charge < -0.3 is 14.6 Å². The Bertz CT molecular complexity index is 1440. The van der Waals surface area contributed by atoms with E-state index in [0.717, 1.165) is 56.8 Å². The van der Waals surface area contributed by atoms with Crippen molar-refractivity contribution >= 4 is 17.1 Å². The molecule has 8 nitrogen and oxygen atoms in total. The molecule has 10 heteroatoms. The molecule has 1 saturated heterocycles. The van der Waals surface area contributed by atoms with E-state index in [-0.39, 0.29) is 23.9 Å². The Hall–Kier alpha value is -3.82. The van der Waals surface area contributed by atoms with E-state index in [1.807, 2.05) is 12.1 Å². The van der Waals surface area contributed by atoms with Crippen molar-refractivity contribution in [1.29, 1.82) is 0 Å². The summed E-state index contributed by atoms with van der Waals surface area (Å²) in [6.45, 7) is 2.50. The summed E-state index contributed by atoms with van der Waals surface area (Å²) in [5.41, 5.74) is 2.37. The van der Waals surface area contributed by atoms with Crippen LogP contribution in [-0.2, 0) is 0 Å². The lowest BCUT2D eigenvalue weighted by Crippen LogP contribution is -2.37. The van der Waals surface area contributed by atoms with Crippen molar-refractivity contribution in [2.45, 2.75) is 63.5 Å². The molecule has 1 saturated carbocycles. The number of rotatable bonds is 5. The number of halogens is 2. The van der Waals surface area contributed by atoms with Crippen molar-refractivity contribution in [3.63, 3.8) is 0 Å². The number of aryl methyl sites for hydroxylation is 1. The molecule has 0 bridgehead atoms. The second-order valence-electron chi connectivity index (χ2n) is 9.97. The average molecular weight is 507 g/mol. The summed E-state index contributed by atoms with van der Waals surface area (Å²) >= 11 is 0. The number of fused-ring (bicyclic) bond motifs is 1. The topological polar surface area (TPSA) is 88.6 Å². The molecule has 1 aromatic carbocycles. The van der Waals surface area contributed by atoms with Gasteiger partial charge in [-0.3, -0.25) is 4.79 Å². The maximum absolute atomic E-state index is 14.6. The van der Waals surface area contributed by atoms with Crippen LogP contribution in [0, 0.1) is 18.6 Å². The van der Waals surface area contributed by atoms with Gasteiger partial charge in [0.25, 0.3) is 5.91 Å². The minimum atomic E-state index is -0.449. The van der Waals surface area contributed by atoms with Gasteiger partial charge in [0, 0.05) is 42.9 Å². The molecule has 0 unspecified atom stereocenters. The van der Waals surface area contributed by atoms with Gasteiger partial charge in [0.2, 0.25) is 11.8 Å². The first-order chi connectivity index (χ1) is 18.0. The van der Waals surface area contributed by atoms with E-state index in [9.17, 15) is 13.6 Å². The zero-order valence-corrected chi connectivity index (χ0v) is 20.5. The Kier molecular flexibility index (Phi) is 6.10. The van der Waals surface area contributed by atoms with Gasteiger partial charge >= 0.3 is 0 Å². The van der Waals surface area contributed by atoms with Crippen molar-refractivity contribution in [1.82, 2.24) is 25.1 Å². The van der Waals surface area contributed by atoms with Gasteiger partial charge in [0.05, 0.1) is 23.3 Å². The summed E-state index contributed by atoms with van der Waals surface area (Å²) in [7, 11) is 0. The van der Waals surface area contributed by atoms with Gasteiger partial charge in [-0.25, -0.2) is 13.3 Å². The number of nitrogens with zero attached hydrogens (tertiary/aromatic N) is 5. The smallest absolute Gasteiger partial charge is 0.255 e. The molecule has 1 atom stereocenters. The number of anilines is 1. The fourth-order valence-corrected chi connectivity index (χ4v) is 5.72. The number of hydrogen-bond donors (Lipinski definition) is 1. The lowest BCUT2D eigenvalue weighted by molar-refractivity contribution is 0.0926. The zero-order valence-electron chi connectivity index (χ0n) is 20.5. The Labute approximate surface area is 212 Å². The molecular formula is C27H28F2N6O2. The van der Waals surface area contributed by atoms with Gasteiger partial charge in [-0.05, 0) is 68.9 Å². The number of amides is 1. The lowest BCUT2D eigenvalue weighted by atomic mass is 9.86. The number of benzene rings is 1. The highest BCUT2D eigenvalue weighted by molar-refractivity contribution is 6.01. The monoisotopic (exact) mass is 506 g/mol. The largest absolute Gasteiger partial charge is 0.425 e. The molecule has 3 aromatic heterocycles. The second-order valence-corrected chi connectivity index (χ2v) is 9.97. The van der Waals surface area contributed by atoms with E-state index >= 15 is 0 Å². The molecule has 0 radical (unpaired) electrons. The summed E-state index contributed by atoms with van der Waals surface area (Å²) in [6.07, 6.45) is 8.38. The molecule has 192 valence electrons. The van der Waals surface area contributed by atoms with Crippen LogP contribution in [0.4, 0.5) is 14.5 Å². The number of pyridine rings is 1. The third-order valence-electron chi connectivity index (χ3n) is 7.60. The summed E-state index contributed by atoms with van der Waals surface area (Å²) in [5, 5.41) is 15.6. The third-order valence-corrected chi connectivity index (χ3v) is 7.60. The van der Waals surface area contributed by atoms with E-state index in [0.29, 0.717) is 28.4 Å². The van der Waals surface area contributed by atoms with Gasteiger partial charge in [-0.15, -0.1) is 10.2 Å². The zero-order chi connectivity index (χ0) is 25.5. The van der Waals surface area contributed by atoms with Crippen molar-refractivity contribution in [2.24, 2.45) is 0 Å². The molecule has 1 amide bonds. The lowest BCUT2D eigenvalue weighted by Gasteiger charge is -2.28. The first-order valence-electron chi connectivity index (χ1n) is 12.8. The first-order valence-corrected chi connectivity index (χ1v) is 12.8. The van der Waals surface area contributed by atoms with Crippen molar-refractivity contribution in [3.05, 3.63) is 77.3 Å². The molecule has 2 aliphatic rings. The van der Waals surface area contributed by atoms with Crippen LogP contribution in [0.3, 0.4) is 0 Å². The molecule has 0 spiro atoms. The number of hydrogen-bond acceptors (Lipinski definition) is 6. The highest BCUT2D eigenvalue weighted by Gasteiger charge is 2.30. The van der Waals surface area contributed by atoms with E-state index in [2.05, 4.69) is 25.5 Å². The van der Waals surface area contributed by atoms with Crippen LogP contribution >= 0.6 is 0 Å². The maximum Gasteiger partial charge on any atom is 0.255 e. The first kappa shape index (κ1) is 23.6. The molecule has 4 heterocycles. The van der Waals surface area contributed by atoms with Crippen LogP contribution in [0.5, 0.6) is 0 Å². The molecule has 6 rings (SSSR count). The quantitative estimate of drug-likeness (QED) is 0.405. The van der Waals surface area contributed by atoms with E-state index in [1.54, 1.807) is 23.8 Å². The van der Waals surface area contributed by atoms with Crippen molar-refractivity contribution in [2.75, 3.05) is 11.4 Å². The number of carbonyl (C=O) groups excluding carboxylic acids is 1. The fraction of sp³-hybridized carbons (Fsp3) is 0.407. The summed E-state index contributed by atoms with van der Waals surface area (Å²) < 4.78 is 35.7. The molecule has 1 aliphatic carbocycles. The Morgan fingerprint density at radius 3 is 2.70 bits per heavy atom. The van der Waals surface area contributed by atoms with Gasteiger partial charge in [0.15, 0.2) is 0 Å². The standard InChI is InChI=1S/C27H28F2N6O2/c1-16-32-33-27(37-16)17-4-7-19(8-5-17)31-26(36)22-15-30-35-12-10-20(14-25(22)35)34-11-2-3-24(34)21-13-18(28)6-9-23(21)29/h6,9-10,12-15,17,19,24H,2-5,7-8,11H2,1H3,(H,31,36)/t17-,19-,24-/m1/s1. The number of carbonyl (C=O) groups is 1. The predicted octanol–water partition coefficient (Wildman–Crippen LogP) is 5.10. The Balaban J connectivity index is 1.18. The normalized spacial score (nSPS) is 22.0. The molecule has 4 aromatic rings. The Morgan fingerprint density at radius 1 is 1.08 bits per heavy atom. The average Bonchev–Trinajstić information content (AvgIpc) is 3.65. The van der Waals surface area contributed by atoms with Crippen LogP contribution in [-0.4, -0.2) is 38.3 Å². The van der Waals surface area contributed by atoms with E-state index in [1.165, 1.54) is 12.1 Å².